The van der Waals surface area contributed by atoms with Gasteiger partial charge in [0.2, 0.25) is 0 Å². The summed E-state index contributed by atoms with van der Waals surface area (Å²) in [5.41, 5.74) is 0.519. The van der Waals surface area contributed by atoms with Crippen LogP contribution in [0.15, 0.2) is 12.1 Å². The number of non-ortho nitro benzene ring substituents is 1. The summed E-state index contributed by atoms with van der Waals surface area (Å²) in [6.07, 6.45) is 0.817. The van der Waals surface area contributed by atoms with Crippen LogP contribution in [0.5, 0.6) is 11.5 Å². The highest BCUT2D eigenvalue weighted by atomic mass is 35.5. The van der Waals surface area contributed by atoms with Gasteiger partial charge in [0.25, 0.3) is 5.69 Å². The summed E-state index contributed by atoms with van der Waals surface area (Å²) in [5, 5.41) is 25.0. The number of methoxy groups -OCH3 is 1. The lowest BCUT2D eigenvalue weighted by molar-refractivity contribution is -0.385. The van der Waals surface area contributed by atoms with Crippen LogP contribution >= 0.6 is 24.8 Å². The minimum absolute atomic E-state index is 0. The van der Waals surface area contributed by atoms with Crippen molar-refractivity contribution in [1.82, 2.24) is 10.2 Å². The average Bonchev–Trinajstić information content (AvgIpc) is 2.53. The van der Waals surface area contributed by atoms with Crippen molar-refractivity contribution in [2.24, 2.45) is 5.92 Å². The zero-order chi connectivity index (χ0) is 17.0. The van der Waals surface area contributed by atoms with Gasteiger partial charge in [0.05, 0.1) is 18.1 Å². The quantitative estimate of drug-likeness (QED) is 0.568. The maximum atomic E-state index is 11.2. The van der Waals surface area contributed by atoms with Gasteiger partial charge in [0.1, 0.15) is 0 Å². The van der Waals surface area contributed by atoms with Gasteiger partial charge in [-0.25, -0.2) is 0 Å². The van der Waals surface area contributed by atoms with Gasteiger partial charge in [0.15, 0.2) is 11.5 Å². The Labute approximate surface area is 160 Å². The number of phenolic OH excluding ortho intramolecular Hbond substituents is 1. The largest absolute Gasteiger partial charge is 0.504 e. The molecule has 25 heavy (non-hydrogen) atoms. The lowest BCUT2D eigenvalue weighted by Crippen LogP contribution is -2.45. The summed E-state index contributed by atoms with van der Waals surface area (Å²) in [7, 11) is 1.41. The Hall–Kier alpha value is -1.28. The molecule has 2 N–H and O–H groups in total. The second-order valence-electron chi connectivity index (χ2n) is 6.27. The van der Waals surface area contributed by atoms with Crippen molar-refractivity contribution in [3.05, 3.63) is 27.8 Å². The fourth-order valence-electron chi connectivity index (χ4n) is 3.04. The lowest BCUT2D eigenvalue weighted by atomic mass is 9.93. The number of benzene rings is 1. The third kappa shape index (κ3) is 5.88. The molecule has 1 atom stereocenters. The fraction of sp³-hybridized carbons (Fsp3) is 0.625. The third-order valence-electron chi connectivity index (χ3n) is 4.17. The zero-order valence-electron chi connectivity index (χ0n) is 14.7. The number of nitro benzene ring substituents is 1. The van der Waals surface area contributed by atoms with Crippen LogP contribution in [0.3, 0.4) is 0 Å². The standard InChI is InChI=1S/C16H25N3O4.2ClH/c1-11(2)8-14(18-6-4-17-5-7-18)13-9-12(19(21)22)10-15(23-3)16(13)20;;/h9-11,14,17,20H,4-8H2,1-3H3;2*1H/t14-;;/m1../s1. The number of hydrogen-bond donors (Lipinski definition) is 2. The molecule has 2 rings (SSSR count). The first-order chi connectivity index (χ1) is 10.9. The number of ether oxygens (including phenoxy) is 1. The molecule has 0 radical (unpaired) electrons. The lowest BCUT2D eigenvalue weighted by Gasteiger charge is -2.36. The number of nitrogens with one attached hydrogen (secondary N) is 1. The first-order valence-corrected chi connectivity index (χ1v) is 7.94. The number of nitro groups is 1. The van der Waals surface area contributed by atoms with E-state index in [1.54, 1.807) is 0 Å². The maximum absolute atomic E-state index is 11.2. The second kappa shape index (κ2) is 10.7. The number of nitrogens with zero attached hydrogens (tertiary/aromatic N) is 2. The SMILES string of the molecule is COc1cc([N+](=O)[O-])cc([C@@H](CC(C)C)N2CCNCC2)c1O.Cl.Cl. The van der Waals surface area contributed by atoms with E-state index in [0.717, 1.165) is 32.6 Å². The van der Waals surface area contributed by atoms with Crippen molar-refractivity contribution in [2.45, 2.75) is 26.3 Å². The summed E-state index contributed by atoms with van der Waals surface area (Å²) < 4.78 is 5.13. The molecule has 1 aliphatic rings. The molecule has 0 amide bonds. The van der Waals surface area contributed by atoms with Gasteiger partial charge in [-0.05, 0) is 12.3 Å². The number of hydrogen-bond acceptors (Lipinski definition) is 6. The summed E-state index contributed by atoms with van der Waals surface area (Å²) in [5.74, 6) is 0.555. The van der Waals surface area contributed by atoms with E-state index in [9.17, 15) is 15.2 Å². The molecule has 0 bridgehead atoms. The molecular formula is C16H27Cl2N3O4. The highest BCUT2D eigenvalue weighted by molar-refractivity contribution is 5.85. The van der Waals surface area contributed by atoms with Crippen molar-refractivity contribution >= 4 is 30.5 Å². The Morgan fingerprint density at radius 1 is 1.32 bits per heavy atom. The van der Waals surface area contributed by atoms with Crippen LogP contribution in [0.25, 0.3) is 0 Å². The van der Waals surface area contributed by atoms with E-state index in [1.165, 1.54) is 19.2 Å². The molecule has 0 aromatic heterocycles. The fourth-order valence-corrected chi connectivity index (χ4v) is 3.04. The summed E-state index contributed by atoms with van der Waals surface area (Å²) >= 11 is 0. The van der Waals surface area contributed by atoms with E-state index < -0.39 is 4.92 Å². The molecule has 144 valence electrons. The summed E-state index contributed by atoms with van der Waals surface area (Å²) in [6.45, 7) is 7.67. The topological polar surface area (TPSA) is 87.9 Å². The van der Waals surface area contributed by atoms with Crippen LogP contribution in [-0.4, -0.2) is 48.2 Å². The molecule has 0 unspecified atom stereocenters. The molecule has 1 saturated heterocycles. The highest BCUT2D eigenvalue weighted by Gasteiger charge is 2.29. The minimum atomic E-state index is -0.449. The van der Waals surface area contributed by atoms with Crippen molar-refractivity contribution < 1.29 is 14.8 Å². The molecular weight excluding hydrogens is 369 g/mol. The Morgan fingerprint density at radius 2 is 1.92 bits per heavy atom. The molecule has 1 aromatic rings. The van der Waals surface area contributed by atoms with Crippen molar-refractivity contribution in [1.29, 1.82) is 0 Å². The normalized spacial score (nSPS) is 15.8. The zero-order valence-corrected chi connectivity index (χ0v) is 16.4. The van der Waals surface area contributed by atoms with E-state index in [4.69, 9.17) is 4.74 Å². The molecule has 0 spiro atoms. The summed E-state index contributed by atoms with van der Waals surface area (Å²) in [4.78, 5) is 13.0. The monoisotopic (exact) mass is 395 g/mol. The molecule has 1 aliphatic heterocycles. The van der Waals surface area contributed by atoms with E-state index >= 15 is 0 Å². The molecule has 9 heteroatoms. The van der Waals surface area contributed by atoms with Gasteiger partial charge in [-0.2, -0.15) is 0 Å². The minimum Gasteiger partial charge on any atom is -0.504 e. The second-order valence-corrected chi connectivity index (χ2v) is 6.27. The average molecular weight is 396 g/mol. The van der Waals surface area contributed by atoms with Gasteiger partial charge < -0.3 is 15.2 Å². The van der Waals surface area contributed by atoms with Crippen molar-refractivity contribution in [2.75, 3.05) is 33.3 Å². The number of piperazine rings is 1. The van der Waals surface area contributed by atoms with E-state index in [0.29, 0.717) is 11.5 Å². The maximum Gasteiger partial charge on any atom is 0.273 e. The highest BCUT2D eigenvalue weighted by Crippen LogP contribution is 2.41. The van der Waals surface area contributed by atoms with Gasteiger partial charge in [-0.1, -0.05) is 13.8 Å². The number of halogens is 2. The first-order valence-electron chi connectivity index (χ1n) is 7.94. The van der Waals surface area contributed by atoms with Crippen LogP contribution in [0.1, 0.15) is 31.9 Å². The van der Waals surface area contributed by atoms with Crippen molar-refractivity contribution in [3.8, 4) is 11.5 Å². The van der Waals surface area contributed by atoms with E-state index in [-0.39, 0.29) is 48.0 Å². The van der Waals surface area contributed by atoms with Crippen LogP contribution in [0.2, 0.25) is 0 Å². The molecule has 7 nitrogen and oxygen atoms in total. The van der Waals surface area contributed by atoms with Crippen LogP contribution in [0, 0.1) is 16.0 Å². The Balaban J connectivity index is 0.00000288. The number of aromatic hydroxyl groups is 1. The Kier molecular flexibility index (Phi) is 10.1. The van der Waals surface area contributed by atoms with Gasteiger partial charge in [0, 0.05) is 43.9 Å². The van der Waals surface area contributed by atoms with E-state index in [1.807, 2.05) is 0 Å². The Bertz CT molecular complexity index is 567. The molecule has 1 fully saturated rings. The predicted octanol–water partition coefficient (Wildman–Crippen LogP) is 3.15. The van der Waals surface area contributed by atoms with Crippen LogP contribution < -0.4 is 10.1 Å². The summed E-state index contributed by atoms with van der Waals surface area (Å²) in [6, 6.07) is 2.68. The van der Waals surface area contributed by atoms with Crippen LogP contribution in [-0.2, 0) is 0 Å². The van der Waals surface area contributed by atoms with Gasteiger partial charge >= 0.3 is 0 Å². The predicted molar refractivity (Wildman–Crippen MR) is 102 cm³/mol. The van der Waals surface area contributed by atoms with Gasteiger partial charge in [-0.3, -0.25) is 15.0 Å². The molecule has 1 aromatic carbocycles. The van der Waals surface area contributed by atoms with E-state index in [2.05, 4.69) is 24.1 Å². The first kappa shape index (κ1) is 23.7. The number of phenols is 1. The smallest absolute Gasteiger partial charge is 0.273 e. The Morgan fingerprint density at radius 3 is 2.40 bits per heavy atom. The molecule has 0 aliphatic carbocycles. The van der Waals surface area contributed by atoms with Crippen molar-refractivity contribution in [3.63, 3.8) is 0 Å². The molecule has 0 saturated carbocycles. The number of rotatable bonds is 6. The molecule has 1 heterocycles. The van der Waals surface area contributed by atoms with Gasteiger partial charge in [-0.15, -0.1) is 24.8 Å². The van der Waals surface area contributed by atoms with Crippen LogP contribution in [0.4, 0.5) is 5.69 Å². The third-order valence-corrected chi connectivity index (χ3v) is 4.17.